The van der Waals surface area contributed by atoms with Crippen LogP contribution in [-0.2, 0) is 4.74 Å². The predicted octanol–water partition coefficient (Wildman–Crippen LogP) is 1.47. The number of nitrogens with zero attached hydrogens (tertiary/aromatic N) is 2. The summed E-state index contributed by atoms with van der Waals surface area (Å²) in [5, 5.41) is 9.26. The van der Waals surface area contributed by atoms with Crippen LogP contribution in [0.2, 0.25) is 0 Å². The van der Waals surface area contributed by atoms with Crippen LogP contribution in [0.25, 0.3) is 0 Å². The smallest absolute Gasteiger partial charge is 0.339 e. The van der Waals surface area contributed by atoms with Gasteiger partial charge in [-0.25, -0.2) is 9.78 Å². The Morgan fingerprint density at radius 3 is 2.79 bits per heavy atom. The van der Waals surface area contributed by atoms with Gasteiger partial charge in [-0.1, -0.05) is 0 Å². The zero-order valence-electron chi connectivity index (χ0n) is 11.4. The number of pyridine rings is 1. The largest absolute Gasteiger partial charge is 0.462 e. The molecule has 1 saturated carbocycles. The van der Waals surface area contributed by atoms with Gasteiger partial charge in [0.1, 0.15) is 5.82 Å². The van der Waals surface area contributed by atoms with E-state index in [0.29, 0.717) is 18.1 Å². The molecule has 0 unspecified atom stereocenters. The SMILES string of the molecule is CCOC(=O)c1ccc(N(C)CC2CC(O)C2)nc1. The van der Waals surface area contributed by atoms with E-state index in [9.17, 15) is 9.90 Å². The van der Waals surface area contributed by atoms with Crippen molar-refractivity contribution in [1.82, 2.24) is 4.98 Å². The van der Waals surface area contributed by atoms with Gasteiger partial charge in [-0.15, -0.1) is 0 Å². The monoisotopic (exact) mass is 264 g/mol. The van der Waals surface area contributed by atoms with E-state index >= 15 is 0 Å². The number of rotatable bonds is 5. The third-order valence-corrected chi connectivity index (χ3v) is 3.39. The maximum atomic E-state index is 11.5. The Morgan fingerprint density at radius 2 is 2.26 bits per heavy atom. The highest BCUT2D eigenvalue weighted by Gasteiger charge is 2.28. The fraction of sp³-hybridized carbons (Fsp3) is 0.571. The highest BCUT2D eigenvalue weighted by molar-refractivity contribution is 5.89. The second-order valence-corrected chi connectivity index (χ2v) is 5.00. The molecule has 5 nitrogen and oxygen atoms in total. The summed E-state index contributed by atoms with van der Waals surface area (Å²) in [5.74, 6) is 1.02. The Balaban J connectivity index is 1.92. The van der Waals surface area contributed by atoms with Gasteiger partial charge in [0, 0.05) is 19.8 Å². The van der Waals surface area contributed by atoms with Crippen molar-refractivity contribution in [3.05, 3.63) is 23.9 Å². The Labute approximate surface area is 113 Å². The fourth-order valence-corrected chi connectivity index (χ4v) is 2.28. The van der Waals surface area contributed by atoms with Gasteiger partial charge in [-0.05, 0) is 37.8 Å². The minimum atomic E-state index is -0.341. The first-order valence-corrected chi connectivity index (χ1v) is 6.62. The molecule has 104 valence electrons. The lowest BCUT2D eigenvalue weighted by atomic mass is 9.82. The maximum absolute atomic E-state index is 11.5. The number of aliphatic hydroxyl groups is 1. The van der Waals surface area contributed by atoms with E-state index in [1.54, 1.807) is 19.2 Å². The molecule has 2 rings (SSSR count). The van der Waals surface area contributed by atoms with Crippen LogP contribution in [-0.4, -0.2) is 42.4 Å². The maximum Gasteiger partial charge on any atom is 0.339 e. The molecule has 1 fully saturated rings. The van der Waals surface area contributed by atoms with Crippen LogP contribution in [0.5, 0.6) is 0 Å². The number of carbonyl (C=O) groups is 1. The van der Waals surface area contributed by atoms with Crippen molar-refractivity contribution < 1.29 is 14.6 Å². The molecule has 0 aromatic carbocycles. The van der Waals surface area contributed by atoms with Gasteiger partial charge in [0.05, 0.1) is 18.3 Å². The molecule has 0 radical (unpaired) electrons. The molecule has 1 aromatic rings. The molecule has 0 bridgehead atoms. The second kappa shape index (κ2) is 6.02. The number of esters is 1. The first-order valence-electron chi connectivity index (χ1n) is 6.62. The molecule has 0 aliphatic heterocycles. The molecule has 1 aliphatic rings. The van der Waals surface area contributed by atoms with Gasteiger partial charge >= 0.3 is 5.97 Å². The quantitative estimate of drug-likeness (QED) is 0.816. The van der Waals surface area contributed by atoms with Crippen molar-refractivity contribution >= 4 is 11.8 Å². The van der Waals surface area contributed by atoms with Crippen LogP contribution in [0.15, 0.2) is 18.3 Å². The Kier molecular flexibility index (Phi) is 4.37. The van der Waals surface area contributed by atoms with E-state index in [1.807, 2.05) is 18.0 Å². The summed E-state index contributed by atoms with van der Waals surface area (Å²) in [5.41, 5.74) is 0.470. The van der Waals surface area contributed by atoms with Crippen LogP contribution in [0.1, 0.15) is 30.1 Å². The van der Waals surface area contributed by atoms with Crippen molar-refractivity contribution in [3.8, 4) is 0 Å². The first-order chi connectivity index (χ1) is 9.10. The number of anilines is 1. The molecular formula is C14H20N2O3. The molecule has 1 heterocycles. The Bertz CT molecular complexity index is 427. The summed E-state index contributed by atoms with van der Waals surface area (Å²) in [4.78, 5) is 17.8. The summed E-state index contributed by atoms with van der Waals surface area (Å²) >= 11 is 0. The van der Waals surface area contributed by atoms with Gasteiger partial charge in [0.2, 0.25) is 0 Å². The number of aliphatic hydroxyl groups excluding tert-OH is 1. The lowest BCUT2D eigenvalue weighted by Gasteiger charge is -2.34. The molecule has 0 saturated heterocycles. The third kappa shape index (κ3) is 3.44. The van der Waals surface area contributed by atoms with E-state index in [1.165, 1.54) is 0 Å². The lowest BCUT2D eigenvalue weighted by Crippen LogP contribution is -2.37. The van der Waals surface area contributed by atoms with E-state index in [4.69, 9.17) is 4.74 Å². The molecule has 0 atom stereocenters. The normalized spacial score (nSPS) is 21.6. The van der Waals surface area contributed by atoms with Gasteiger partial charge in [0.25, 0.3) is 0 Å². The molecule has 1 aliphatic carbocycles. The number of carbonyl (C=O) groups excluding carboxylic acids is 1. The van der Waals surface area contributed by atoms with Gasteiger partial charge in [-0.3, -0.25) is 0 Å². The summed E-state index contributed by atoms with van der Waals surface area (Å²) in [6.07, 6.45) is 3.15. The first kappa shape index (κ1) is 13.8. The summed E-state index contributed by atoms with van der Waals surface area (Å²) in [7, 11) is 1.97. The highest BCUT2D eigenvalue weighted by atomic mass is 16.5. The number of hydrogen-bond acceptors (Lipinski definition) is 5. The Morgan fingerprint density at radius 1 is 1.53 bits per heavy atom. The number of aromatic nitrogens is 1. The van der Waals surface area contributed by atoms with E-state index in [2.05, 4.69) is 4.98 Å². The van der Waals surface area contributed by atoms with Crippen LogP contribution in [0, 0.1) is 5.92 Å². The average Bonchev–Trinajstić information content (AvgIpc) is 2.37. The van der Waals surface area contributed by atoms with Gasteiger partial charge < -0.3 is 14.7 Å². The molecule has 0 amide bonds. The highest BCUT2D eigenvalue weighted by Crippen LogP contribution is 2.28. The van der Waals surface area contributed by atoms with Crippen LogP contribution >= 0.6 is 0 Å². The molecule has 1 N–H and O–H groups in total. The minimum absolute atomic E-state index is 0.127. The summed E-state index contributed by atoms with van der Waals surface area (Å²) in [6, 6.07) is 3.55. The van der Waals surface area contributed by atoms with Gasteiger partial charge in [0.15, 0.2) is 0 Å². The summed E-state index contributed by atoms with van der Waals surface area (Å²) < 4.78 is 4.91. The van der Waals surface area contributed by atoms with Crippen molar-refractivity contribution in [2.45, 2.75) is 25.9 Å². The molecule has 1 aromatic heterocycles. The van der Waals surface area contributed by atoms with Crippen LogP contribution in [0.4, 0.5) is 5.82 Å². The van der Waals surface area contributed by atoms with Crippen molar-refractivity contribution in [2.24, 2.45) is 5.92 Å². The number of hydrogen-bond donors (Lipinski definition) is 1. The topological polar surface area (TPSA) is 62.7 Å². The van der Waals surface area contributed by atoms with Crippen molar-refractivity contribution in [1.29, 1.82) is 0 Å². The van der Waals surface area contributed by atoms with Crippen molar-refractivity contribution in [2.75, 3.05) is 25.1 Å². The predicted molar refractivity (Wildman–Crippen MR) is 72.2 cm³/mol. The standard InChI is InChI=1S/C14H20N2O3/c1-3-19-14(18)11-4-5-13(15-8-11)16(2)9-10-6-12(17)7-10/h4-5,8,10,12,17H,3,6-7,9H2,1-2H3. The van der Waals surface area contributed by atoms with E-state index in [0.717, 1.165) is 25.2 Å². The third-order valence-electron chi connectivity index (χ3n) is 3.39. The molecule has 5 heteroatoms. The molecule has 19 heavy (non-hydrogen) atoms. The zero-order chi connectivity index (χ0) is 13.8. The number of ether oxygens (including phenoxy) is 1. The fourth-order valence-electron chi connectivity index (χ4n) is 2.28. The van der Waals surface area contributed by atoms with Crippen LogP contribution in [0.3, 0.4) is 0 Å². The van der Waals surface area contributed by atoms with Crippen LogP contribution < -0.4 is 4.90 Å². The Hall–Kier alpha value is -1.62. The molecule has 0 spiro atoms. The van der Waals surface area contributed by atoms with E-state index in [-0.39, 0.29) is 12.1 Å². The molecular weight excluding hydrogens is 244 g/mol. The van der Waals surface area contributed by atoms with Gasteiger partial charge in [-0.2, -0.15) is 0 Å². The summed E-state index contributed by atoms with van der Waals surface area (Å²) in [6.45, 7) is 3.02. The zero-order valence-corrected chi connectivity index (χ0v) is 11.4. The minimum Gasteiger partial charge on any atom is -0.462 e. The lowest BCUT2D eigenvalue weighted by molar-refractivity contribution is 0.0463. The second-order valence-electron chi connectivity index (χ2n) is 5.00. The average molecular weight is 264 g/mol. The van der Waals surface area contributed by atoms with Crippen molar-refractivity contribution in [3.63, 3.8) is 0 Å². The van der Waals surface area contributed by atoms with E-state index < -0.39 is 0 Å².